The molecule has 92 valence electrons. The maximum atomic E-state index is 9.29. The molecule has 5 heteroatoms. The summed E-state index contributed by atoms with van der Waals surface area (Å²) >= 11 is 0. The van der Waals surface area contributed by atoms with E-state index in [1.807, 2.05) is 0 Å². The van der Waals surface area contributed by atoms with Crippen molar-refractivity contribution < 1.29 is 20.4 Å². The van der Waals surface area contributed by atoms with Crippen LogP contribution in [-0.4, -0.2) is 52.4 Å². The summed E-state index contributed by atoms with van der Waals surface area (Å²) in [6.07, 6.45) is 0.990. The van der Waals surface area contributed by atoms with Gasteiger partial charge in [0, 0.05) is 0 Å². The Kier molecular flexibility index (Phi) is 8.94. The predicted molar refractivity (Wildman–Crippen MR) is 57.2 cm³/mol. The lowest BCUT2D eigenvalue weighted by atomic mass is 9.91. The van der Waals surface area contributed by atoms with Gasteiger partial charge >= 0.3 is 0 Å². The molecule has 5 nitrogen and oxygen atoms in total. The maximum absolute atomic E-state index is 9.29. The van der Waals surface area contributed by atoms with E-state index in [1.165, 1.54) is 0 Å². The lowest BCUT2D eigenvalue weighted by Gasteiger charge is -2.21. The highest BCUT2D eigenvalue weighted by molar-refractivity contribution is 4.69. The quantitative estimate of drug-likeness (QED) is 0.337. The van der Waals surface area contributed by atoms with E-state index in [0.717, 1.165) is 12.8 Å². The first-order chi connectivity index (χ1) is 7.13. The molecule has 0 rings (SSSR count). The van der Waals surface area contributed by atoms with Crippen LogP contribution in [0.25, 0.3) is 0 Å². The minimum atomic E-state index is -0.751. The Bertz CT molecular complexity index is 133. The normalized spacial score (nSPS) is 17.4. The fourth-order valence-corrected chi connectivity index (χ4v) is 1.66. The van der Waals surface area contributed by atoms with Crippen molar-refractivity contribution in [3.63, 3.8) is 0 Å². The molecule has 0 aromatic rings. The summed E-state index contributed by atoms with van der Waals surface area (Å²) < 4.78 is 0. The van der Waals surface area contributed by atoms with E-state index >= 15 is 0 Å². The highest BCUT2D eigenvalue weighted by atomic mass is 16.3. The number of rotatable bonds is 9. The Balaban J connectivity index is 3.93. The van der Waals surface area contributed by atoms with Crippen LogP contribution in [0, 0.1) is 5.92 Å². The van der Waals surface area contributed by atoms with Crippen molar-refractivity contribution in [3.8, 4) is 0 Å². The molecule has 15 heavy (non-hydrogen) atoms. The molecule has 2 atom stereocenters. The molecule has 0 radical (unpaired) electrons. The predicted octanol–water partition coefficient (Wildman–Crippen LogP) is -1.17. The molecule has 0 heterocycles. The van der Waals surface area contributed by atoms with E-state index < -0.39 is 12.2 Å². The van der Waals surface area contributed by atoms with Crippen LogP contribution in [0.4, 0.5) is 0 Å². The molecule has 0 saturated heterocycles. The second-order valence-corrected chi connectivity index (χ2v) is 3.94. The molecule has 0 saturated carbocycles. The first-order valence-electron chi connectivity index (χ1n) is 5.41. The molecule has 2 unspecified atom stereocenters. The first kappa shape index (κ1) is 14.8. The van der Waals surface area contributed by atoms with Gasteiger partial charge in [-0.2, -0.15) is 0 Å². The second-order valence-electron chi connectivity index (χ2n) is 3.94. The van der Waals surface area contributed by atoms with Crippen LogP contribution < -0.4 is 5.73 Å². The minimum Gasteiger partial charge on any atom is -0.394 e. The van der Waals surface area contributed by atoms with Crippen molar-refractivity contribution in [3.05, 3.63) is 0 Å². The average Bonchev–Trinajstić information content (AvgIpc) is 2.25. The Morgan fingerprint density at radius 2 is 1.40 bits per heavy atom. The van der Waals surface area contributed by atoms with E-state index in [0.29, 0.717) is 19.4 Å². The van der Waals surface area contributed by atoms with Crippen molar-refractivity contribution in [1.82, 2.24) is 0 Å². The molecule has 0 aliphatic carbocycles. The Hall–Kier alpha value is -0.200. The van der Waals surface area contributed by atoms with Crippen LogP contribution in [0.1, 0.15) is 25.7 Å². The summed E-state index contributed by atoms with van der Waals surface area (Å²) in [5, 5.41) is 36.0. The Morgan fingerprint density at radius 1 is 0.933 bits per heavy atom. The van der Waals surface area contributed by atoms with Crippen LogP contribution in [0.3, 0.4) is 0 Å². The van der Waals surface area contributed by atoms with Gasteiger partial charge in [-0.3, -0.25) is 0 Å². The summed E-state index contributed by atoms with van der Waals surface area (Å²) in [5.41, 5.74) is 5.38. The number of aliphatic hydroxyl groups excluding tert-OH is 4. The smallest absolute Gasteiger partial charge is 0.0773 e. The van der Waals surface area contributed by atoms with Crippen LogP contribution in [0.2, 0.25) is 0 Å². The molecule has 0 bridgehead atoms. The molecular formula is C10H23NO4. The van der Waals surface area contributed by atoms with E-state index in [4.69, 9.17) is 15.9 Å². The molecule has 0 aliphatic heterocycles. The Labute approximate surface area is 90.5 Å². The average molecular weight is 221 g/mol. The molecule has 0 fully saturated rings. The molecule has 0 aromatic heterocycles. The molecule has 0 aliphatic rings. The summed E-state index contributed by atoms with van der Waals surface area (Å²) in [5.74, 6) is 0.0952. The molecule has 6 N–H and O–H groups in total. The van der Waals surface area contributed by atoms with Gasteiger partial charge in [-0.1, -0.05) is 0 Å². The number of hydrogen-bond donors (Lipinski definition) is 5. The molecule has 0 amide bonds. The van der Waals surface area contributed by atoms with Crippen LogP contribution in [0.15, 0.2) is 0 Å². The van der Waals surface area contributed by atoms with Gasteiger partial charge in [-0.05, 0) is 38.1 Å². The monoisotopic (exact) mass is 221 g/mol. The van der Waals surface area contributed by atoms with Gasteiger partial charge in [0.25, 0.3) is 0 Å². The number of hydrogen-bond acceptors (Lipinski definition) is 5. The van der Waals surface area contributed by atoms with E-state index in [1.54, 1.807) is 0 Å². The van der Waals surface area contributed by atoms with Crippen LogP contribution >= 0.6 is 0 Å². The van der Waals surface area contributed by atoms with E-state index in [2.05, 4.69) is 0 Å². The van der Waals surface area contributed by atoms with Gasteiger partial charge in [0.2, 0.25) is 0 Å². The zero-order valence-corrected chi connectivity index (χ0v) is 9.05. The largest absolute Gasteiger partial charge is 0.394 e. The number of aliphatic hydroxyl groups is 4. The topological polar surface area (TPSA) is 107 Å². The summed E-state index contributed by atoms with van der Waals surface area (Å²) in [7, 11) is 0. The second kappa shape index (κ2) is 9.06. The van der Waals surface area contributed by atoms with Gasteiger partial charge < -0.3 is 26.2 Å². The van der Waals surface area contributed by atoms with Gasteiger partial charge in [-0.25, -0.2) is 0 Å². The summed E-state index contributed by atoms with van der Waals surface area (Å²) in [4.78, 5) is 0. The van der Waals surface area contributed by atoms with Crippen molar-refractivity contribution in [2.75, 3.05) is 19.8 Å². The third-order valence-corrected chi connectivity index (χ3v) is 2.45. The Morgan fingerprint density at radius 3 is 1.73 bits per heavy atom. The first-order valence-corrected chi connectivity index (χ1v) is 5.41. The van der Waals surface area contributed by atoms with Gasteiger partial charge in [0.05, 0.1) is 25.4 Å². The summed E-state index contributed by atoms with van der Waals surface area (Å²) in [6.45, 7) is 0.0314. The fraction of sp³-hybridized carbons (Fsp3) is 1.00. The van der Waals surface area contributed by atoms with Gasteiger partial charge in [-0.15, -0.1) is 0 Å². The van der Waals surface area contributed by atoms with Crippen molar-refractivity contribution >= 4 is 0 Å². The standard InChI is InChI=1S/C10H23NO4/c11-3-1-2-8(4-9(14)6-12)5-10(15)7-13/h8-10,12-15H,1-7,11H2. The maximum Gasteiger partial charge on any atom is 0.0773 e. The summed E-state index contributed by atoms with van der Waals surface area (Å²) in [6, 6.07) is 0. The van der Waals surface area contributed by atoms with E-state index in [-0.39, 0.29) is 19.1 Å². The highest BCUT2D eigenvalue weighted by Crippen LogP contribution is 2.19. The minimum absolute atomic E-state index is 0.0952. The van der Waals surface area contributed by atoms with Crippen molar-refractivity contribution in [2.45, 2.75) is 37.9 Å². The lowest BCUT2D eigenvalue weighted by Crippen LogP contribution is -2.23. The van der Waals surface area contributed by atoms with Gasteiger partial charge in [0.1, 0.15) is 0 Å². The third-order valence-electron chi connectivity index (χ3n) is 2.45. The zero-order valence-electron chi connectivity index (χ0n) is 9.05. The SMILES string of the molecule is NCCCC(CC(O)CO)CC(O)CO. The van der Waals surface area contributed by atoms with Crippen LogP contribution in [0.5, 0.6) is 0 Å². The molecular weight excluding hydrogens is 198 g/mol. The molecule has 0 aromatic carbocycles. The zero-order chi connectivity index (χ0) is 11.7. The lowest BCUT2D eigenvalue weighted by molar-refractivity contribution is 0.0421. The molecule has 0 spiro atoms. The highest BCUT2D eigenvalue weighted by Gasteiger charge is 2.17. The van der Waals surface area contributed by atoms with Crippen molar-refractivity contribution in [2.24, 2.45) is 11.7 Å². The third kappa shape index (κ3) is 7.70. The van der Waals surface area contributed by atoms with Crippen LogP contribution in [-0.2, 0) is 0 Å². The number of nitrogens with two attached hydrogens (primary N) is 1. The van der Waals surface area contributed by atoms with Gasteiger partial charge in [0.15, 0.2) is 0 Å². The fourth-order valence-electron chi connectivity index (χ4n) is 1.66. The van der Waals surface area contributed by atoms with E-state index in [9.17, 15) is 10.2 Å². The van der Waals surface area contributed by atoms with Crippen molar-refractivity contribution in [1.29, 1.82) is 0 Å².